The number of carboxylic acids is 1. The summed E-state index contributed by atoms with van der Waals surface area (Å²) in [7, 11) is 0. The first-order valence-electron chi connectivity index (χ1n) is 6.76. The summed E-state index contributed by atoms with van der Waals surface area (Å²) in [5.41, 5.74) is -0.568. The summed E-state index contributed by atoms with van der Waals surface area (Å²) in [4.78, 5) is 23.7. The Morgan fingerprint density at radius 1 is 1.29 bits per heavy atom. The SMILES string of the molecule is CC(C)(C)C(CC(=O)O)NC(=O)N(CC(F)(F)F)C1CC1. The van der Waals surface area contributed by atoms with Gasteiger partial charge in [-0.2, -0.15) is 13.2 Å². The molecule has 0 aromatic carbocycles. The van der Waals surface area contributed by atoms with E-state index in [0.717, 1.165) is 4.90 Å². The largest absolute Gasteiger partial charge is 0.481 e. The van der Waals surface area contributed by atoms with Gasteiger partial charge in [0.1, 0.15) is 6.54 Å². The molecule has 2 amide bonds. The van der Waals surface area contributed by atoms with E-state index >= 15 is 0 Å². The van der Waals surface area contributed by atoms with Crippen molar-refractivity contribution in [3.8, 4) is 0 Å². The Bertz CT molecular complexity index is 400. The summed E-state index contributed by atoms with van der Waals surface area (Å²) in [5.74, 6) is -1.11. The lowest BCUT2D eigenvalue weighted by Crippen LogP contribution is -2.53. The fourth-order valence-corrected chi connectivity index (χ4v) is 1.93. The maximum atomic E-state index is 12.5. The minimum atomic E-state index is -4.47. The van der Waals surface area contributed by atoms with Crippen molar-refractivity contribution in [1.29, 1.82) is 0 Å². The van der Waals surface area contributed by atoms with Gasteiger partial charge in [0.2, 0.25) is 0 Å². The van der Waals surface area contributed by atoms with E-state index in [0.29, 0.717) is 12.8 Å². The number of nitrogens with zero attached hydrogens (tertiary/aromatic N) is 1. The molecule has 1 rings (SSSR count). The van der Waals surface area contributed by atoms with Crippen LogP contribution in [0.15, 0.2) is 0 Å². The molecule has 1 atom stereocenters. The average molecular weight is 310 g/mol. The summed E-state index contributed by atoms with van der Waals surface area (Å²) in [6.45, 7) is 3.87. The highest BCUT2D eigenvalue weighted by molar-refractivity contribution is 5.76. The van der Waals surface area contributed by atoms with Crippen LogP contribution < -0.4 is 5.32 Å². The van der Waals surface area contributed by atoms with Crippen LogP contribution in [0.2, 0.25) is 0 Å². The number of alkyl halides is 3. The lowest BCUT2D eigenvalue weighted by Gasteiger charge is -2.33. The van der Waals surface area contributed by atoms with Crippen LogP contribution in [0.3, 0.4) is 0 Å². The second-order valence-electron chi connectivity index (χ2n) is 6.44. The molecule has 0 bridgehead atoms. The summed E-state index contributed by atoms with van der Waals surface area (Å²) in [5, 5.41) is 11.3. The molecule has 8 heteroatoms. The van der Waals surface area contributed by atoms with Crippen LogP contribution in [0.5, 0.6) is 0 Å². The second-order valence-corrected chi connectivity index (χ2v) is 6.44. The van der Waals surface area contributed by atoms with E-state index in [-0.39, 0.29) is 6.42 Å². The molecular weight excluding hydrogens is 289 g/mol. The molecule has 21 heavy (non-hydrogen) atoms. The minimum absolute atomic E-state index is 0.334. The Balaban J connectivity index is 2.76. The molecule has 0 heterocycles. The van der Waals surface area contributed by atoms with Gasteiger partial charge in [-0.05, 0) is 18.3 Å². The number of hydrogen-bond donors (Lipinski definition) is 2. The predicted octanol–water partition coefficient (Wildman–Crippen LogP) is 2.61. The van der Waals surface area contributed by atoms with Crippen LogP contribution in [-0.4, -0.2) is 46.8 Å². The first-order chi connectivity index (χ1) is 9.40. The van der Waals surface area contributed by atoms with Crippen LogP contribution in [0.4, 0.5) is 18.0 Å². The number of nitrogens with one attached hydrogen (secondary N) is 1. The number of carbonyl (C=O) groups is 2. The molecule has 0 spiro atoms. The Morgan fingerprint density at radius 2 is 1.81 bits per heavy atom. The Labute approximate surface area is 121 Å². The quantitative estimate of drug-likeness (QED) is 0.820. The fourth-order valence-electron chi connectivity index (χ4n) is 1.93. The maximum absolute atomic E-state index is 12.5. The van der Waals surface area contributed by atoms with Crippen LogP contribution in [0, 0.1) is 5.41 Å². The zero-order valence-corrected chi connectivity index (χ0v) is 12.3. The third kappa shape index (κ3) is 6.22. The molecule has 2 N–H and O–H groups in total. The molecule has 1 unspecified atom stereocenters. The van der Waals surface area contributed by atoms with Crippen molar-refractivity contribution in [2.75, 3.05) is 6.54 Å². The molecule has 122 valence electrons. The van der Waals surface area contributed by atoms with E-state index < -0.39 is 42.2 Å². The summed E-state index contributed by atoms with van der Waals surface area (Å²) in [6, 6.07) is -2.00. The van der Waals surface area contributed by atoms with E-state index in [1.165, 1.54) is 0 Å². The van der Waals surface area contributed by atoms with Gasteiger partial charge in [0, 0.05) is 12.1 Å². The van der Waals surface area contributed by atoms with E-state index in [4.69, 9.17) is 5.11 Å². The van der Waals surface area contributed by atoms with Gasteiger partial charge in [0.15, 0.2) is 0 Å². The first kappa shape index (κ1) is 17.6. The molecule has 0 aromatic rings. The molecule has 1 aliphatic carbocycles. The zero-order chi connectivity index (χ0) is 16.4. The highest BCUT2D eigenvalue weighted by atomic mass is 19.4. The number of aliphatic carboxylic acids is 1. The molecule has 0 aromatic heterocycles. The molecule has 5 nitrogen and oxygen atoms in total. The highest BCUT2D eigenvalue weighted by Crippen LogP contribution is 2.31. The normalized spacial score (nSPS) is 17.2. The monoisotopic (exact) mass is 310 g/mol. The van der Waals surface area contributed by atoms with Gasteiger partial charge in [0.05, 0.1) is 6.42 Å². The van der Waals surface area contributed by atoms with E-state index in [1.807, 2.05) is 0 Å². The second kappa shape index (κ2) is 6.11. The molecule has 1 aliphatic rings. The maximum Gasteiger partial charge on any atom is 0.406 e. The van der Waals surface area contributed by atoms with Crippen molar-refractivity contribution >= 4 is 12.0 Å². The van der Waals surface area contributed by atoms with Crippen molar-refractivity contribution in [3.63, 3.8) is 0 Å². The Hall–Kier alpha value is -1.47. The van der Waals surface area contributed by atoms with Crippen molar-refractivity contribution in [2.45, 2.75) is 58.3 Å². The smallest absolute Gasteiger partial charge is 0.406 e. The van der Waals surface area contributed by atoms with Gasteiger partial charge in [-0.3, -0.25) is 4.79 Å². The zero-order valence-electron chi connectivity index (χ0n) is 12.3. The number of urea groups is 1. The van der Waals surface area contributed by atoms with Crippen LogP contribution >= 0.6 is 0 Å². The topological polar surface area (TPSA) is 69.6 Å². The molecule has 0 saturated heterocycles. The van der Waals surface area contributed by atoms with Crippen molar-refractivity contribution in [2.24, 2.45) is 5.41 Å². The number of rotatable bonds is 5. The average Bonchev–Trinajstić information content (AvgIpc) is 3.05. The highest BCUT2D eigenvalue weighted by Gasteiger charge is 2.42. The predicted molar refractivity (Wildman–Crippen MR) is 69.8 cm³/mol. The van der Waals surface area contributed by atoms with Crippen molar-refractivity contribution in [1.82, 2.24) is 10.2 Å². The van der Waals surface area contributed by atoms with Gasteiger partial charge in [-0.15, -0.1) is 0 Å². The lowest BCUT2D eigenvalue weighted by molar-refractivity contribution is -0.142. The fraction of sp³-hybridized carbons (Fsp3) is 0.846. The Morgan fingerprint density at radius 3 is 2.14 bits per heavy atom. The van der Waals surface area contributed by atoms with Gasteiger partial charge >= 0.3 is 18.2 Å². The molecule has 0 aliphatic heterocycles. The summed E-state index contributed by atoms with van der Waals surface area (Å²) >= 11 is 0. The molecule has 0 radical (unpaired) electrons. The standard InChI is InChI=1S/C13H21F3N2O3/c1-12(2,3)9(6-10(19)20)17-11(21)18(8-4-5-8)7-13(14,15)16/h8-9H,4-7H2,1-3H3,(H,17,21)(H,19,20). The van der Waals surface area contributed by atoms with E-state index in [9.17, 15) is 22.8 Å². The number of carboxylic acid groups (broad SMARTS) is 1. The van der Waals surface area contributed by atoms with Gasteiger partial charge < -0.3 is 15.3 Å². The van der Waals surface area contributed by atoms with Crippen LogP contribution in [-0.2, 0) is 4.79 Å². The number of hydrogen-bond acceptors (Lipinski definition) is 2. The van der Waals surface area contributed by atoms with Crippen molar-refractivity contribution in [3.05, 3.63) is 0 Å². The third-order valence-corrected chi connectivity index (χ3v) is 3.32. The lowest BCUT2D eigenvalue weighted by atomic mass is 9.85. The van der Waals surface area contributed by atoms with Gasteiger partial charge in [-0.25, -0.2) is 4.79 Å². The number of carbonyl (C=O) groups excluding carboxylic acids is 1. The number of halogens is 3. The third-order valence-electron chi connectivity index (χ3n) is 3.32. The van der Waals surface area contributed by atoms with E-state index in [1.54, 1.807) is 20.8 Å². The van der Waals surface area contributed by atoms with Gasteiger partial charge in [0.25, 0.3) is 0 Å². The molecule has 1 fully saturated rings. The number of amides is 2. The molecular formula is C13H21F3N2O3. The summed E-state index contributed by atoms with van der Waals surface area (Å²) in [6.07, 6.45) is -3.71. The van der Waals surface area contributed by atoms with E-state index in [2.05, 4.69) is 5.32 Å². The van der Waals surface area contributed by atoms with Gasteiger partial charge in [-0.1, -0.05) is 20.8 Å². The molecule has 1 saturated carbocycles. The first-order valence-corrected chi connectivity index (χ1v) is 6.76. The minimum Gasteiger partial charge on any atom is -0.481 e. The summed E-state index contributed by atoms with van der Waals surface area (Å²) < 4.78 is 37.6. The van der Waals surface area contributed by atoms with Crippen LogP contribution in [0.25, 0.3) is 0 Å². The van der Waals surface area contributed by atoms with Crippen LogP contribution in [0.1, 0.15) is 40.0 Å². The Kier molecular flexibility index (Phi) is 5.11. The van der Waals surface area contributed by atoms with Crippen molar-refractivity contribution < 1.29 is 27.9 Å².